The van der Waals surface area contributed by atoms with Crippen molar-refractivity contribution in [3.8, 4) is 0 Å². The molecule has 0 saturated carbocycles. The van der Waals surface area contributed by atoms with Gasteiger partial charge in [0.15, 0.2) is 6.10 Å². The first kappa shape index (κ1) is 102. The lowest BCUT2D eigenvalue weighted by molar-refractivity contribution is -0.166. The van der Waals surface area contributed by atoms with E-state index in [0.717, 1.165) is 44.9 Å². The summed E-state index contributed by atoms with van der Waals surface area (Å²) in [6.45, 7) is 4.01. The van der Waals surface area contributed by atoms with Crippen molar-refractivity contribution in [2.45, 2.75) is 351 Å². The molecule has 0 radical (unpaired) electrons. The second-order valence-electron chi connectivity index (χ2n) is 24.9. The molecule has 0 aliphatic rings. The van der Waals surface area contributed by atoms with Crippen LogP contribution in [-0.4, -0.2) is 233 Å². The van der Waals surface area contributed by atoms with Gasteiger partial charge in [0.2, 0.25) is 0 Å². The summed E-state index contributed by atoms with van der Waals surface area (Å²) in [6, 6.07) is 0. The highest BCUT2D eigenvalue weighted by Gasteiger charge is 2.26. The van der Waals surface area contributed by atoms with Gasteiger partial charge >= 0.3 is 5.97 Å². The number of hydrogen-bond acceptors (Lipinski definition) is 21. The molecule has 0 rings (SSSR count). The van der Waals surface area contributed by atoms with Gasteiger partial charge in [-0.2, -0.15) is 0 Å². The van der Waals surface area contributed by atoms with E-state index in [4.69, 9.17) is 95.9 Å². The largest absolute Gasteiger partial charge is 0.457 e. The summed E-state index contributed by atoms with van der Waals surface area (Å²) < 4.78 is 18.2. The summed E-state index contributed by atoms with van der Waals surface area (Å²) in [5.74, 6) is -0.231. The predicted octanol–water partition coefficient (Wildman–Crippen LogP) is 9.18. The summed E-state index contributed by atoms with van der Waals surface area (Å²) in [6.07, 6.45) is 55.6. The van der Waals surface area contributed by atoms with E-state index in [1.54, 1.807) is 0 Å². The quantitative estimate of drug-likeness (QED) is 0.0153. The van der Waals surface area contributed by atoms with Gasteiger partial charge in [0, 0.05) is 19.6 Å². The number of aliphatic hydroxyl groups excluding tert-OH is 17. The minimum absolute atomic E-state index is 0.231. The van der Waals surface area contributed by atoms with Crippen molar-refractivity contribution in [3.63, 3.8) is 0 Å². The van der Waals surface area contributed by atoms with Crippen LogP contribution in [0.2, 0.25) is 0 Å². The predicted molar refractivity (Wildman–Crippen MR) is 381 cm³/mol. The van der Waals surface area contributed by atoms with Crippen LogP contribution in [0.1, 0.15) is 290 Å². The van der Waals surface area contributed by atoms with E-state index in [9.17, 15) is 9.90 Å². The molecule has 0 amide bonds. The molecule has 0 aromatic rings. The maximum absolute atomic E-state index is 12.9. The number of carbonyl (C=O) groups excluding carboxylic acids is 1. The van der Waals surface area contributed by atoms with Gasteiger partial charge in [0.25, 0.3) is 0 Å². The van der Waals surface area contributed by atoms with Crippen LogP contribution in [0.25, 0.3) is 0 Å². The summed E-state index contributed by atoms with van der Waals surface area (Å²) in [7, 11) is 0. The molecule has 21 nitrogen and oxygen atoms in total. The SMILES string of the molecule is CCCCCCCC/C=C\CCCCCCCCOC[C@@H](OCCCCCCCC/C=C\CCCCCCCC)[C@H](CO)OC(=O)CCCCCCC/C=C\CCCCCCCC.OC[C@@H](O)[C@@H](O)CO.OC[C@@H](O)[C@@H](O)CO.OC[C@@H](O)[C@@H](O)CO.OC[C@@H](O)[C@@H](O)CO. The zero-order valence-corrected chi connectivity index (χ0v) is 60.2. The molecule has 0 aromatic carbocycles. The van der Waals surface area contributed by atoms with Gasteiger partial charge in [-0.15, -0.1) is 0 Å². The van der Waals surface area contributed by atoms with Crippen molar-refractivity contribution in [1.29, 1.82) is 0 Å². The minimum atomic E-state index is -1.22. The second-order valence-corrected chi connectivity index (χ2v) is 24.9. The van der Waals surface area contributed by atoms with E-state index in [0.29, 0.717) is 26.2 Å². The maximum Gasteiger partial charge on any atom is 0.306 e. The summed E-state index contributed by atoms with van der Waals surface area (Å²) >= 11 is 0. The topological polar surface area (TPSA) is 389 Å². The van der Waals surface area contributed by atoms with Crippen molar-refractivity contribution in [1.82, 2.24) is 0 Å². The molecule has 0 bridgehead atoms. The highest BCUT2D eigenvalue weighted by Crippen LogP contribution is 2.16. The smallest absolute Gasteiger partial charge is 0.306 e. The zero-order valence-electron chi connectivity index (χ0n) is 60.2. The molecule has 0 spiro atoms. The third kappa shape index (κ3) is 80.8. The highest BCUT2D eigenvalue weighted by atomic mass is 16.6. The summed E-state index contributed by atoms with van der Waals surface area (Å²) in [4.78, 5) is 12.9. The van der Waals surface area contributed by atoms with Gasteiger partial charge < -0.3 is 101 Å². The van der Waals surface area contributed by atoms with Gasteiger partial charge in [0.05, 0.1) is 66.1 Å². The maximum atomic E-state index is 12.9. The van der Waals surface area contributed by atoms with Crippen LogP contribution in [0.3, 0.4) is 0 Å². The molecular formula is C74H150O21. The van der Waals surface area contributed by atoms with Gasteiger partial charge in [-0.05, 0) is 96.3 Å². The summed E-state index contributed by atoms with van der Waals surface area (Å²) in [5.41, 5.74) is 0. The number of aliphatic hydroxyl groups is 17. The Morgan fingerprint density at radius 2 is 0.495 bits per heavy atom. The second kappa shape index (κ2) is 86.2. The minimum Gasteiger partial charge on any atom is -0.457 e. The molecule has 572 valence electrons. The molecule has 0 aliphatic heterocycles. The number of allylic oxidation sites excluding steroid dienone is 6. The molecule has 0 aliphatic carbocycles. The fraction of sp³-hybridized carbons (Fsp3) is 0.905. The van der Waals surface area contributed by atoms with Crippen molar-refractivity contribution >= 4 is 5.97 Å². The average molecular weight is 1380 g/mol. The molecule has 21 heteroatoms. The third-order valence-corrected chi connectivity index (χ3v) is 15.9. The van der Waals surface area contributed by atoms with Crippen LogP contribution in [0.4, 0.5) is 0 Å². The Balaban J connectivity index is -0.000000678. The molecule has 0 heterocycles. The number of carbonyl (C=O) groups is 1. The molecule has 0 unspecified atom stereocenters. The van der Waals surface area contributed by atoms with Crippen LogP contribution < -0.4 is 0 Å². The molecule has 17 N–H and O–H groups in total. The number of unbranched alkanes of at least 4 members (excludes halogenated alkanes) is 35. The molecule has 95 heavy (non-hydrogen) atoms. The van der Waals surface area contributed by atoms with Crippen molar-refractivity contribution in [2.24, 2.45) is 0 Å². The molecular weight excluding hydrogens is 1220 g/mol. The fourth-order valence-corrected chi connectivity index (χ4v) is 9.27. The Bertz CT molecular complexity index is 1420. The zero-order chi connectivity index (χ0) is 71.9. The van der Waals surface area contributed by atoms with E-state index in [1.165, 1.54) is 218 Å². The van der Waals surface area contributed by atoms with Gasteiger partial charge in [-0.3, -0.25) is 4.79 Å². The fourth-order valence-electron chi connectivity index (χ4n) is 9.27. The van der Waals surface area contributed by atoms with E-state index in [2.05, 4.69) is 57.2 Å². The normalized spacial score (nSPS) is 14.7. The first-order valence-electron chi connectivity index (χ1n) is 37.3. The lowest BCUT2D eigenvalue weighted by atomic mass is 10.1. The van der Waals surface area contributed by atoms with Gasteiger partial charge in [-0.25, -0.2) is 0 Å². The Morgan fingerprint density at radius 1 is 0.274 bits per heavy atom. The van der Waals surface area contributed by atoms with Crippen LogP contribution in [0.15, 0.2) is 36.5 Å². The standard InChI is InChI=1S/C58H110O5.4C4H10O4/c1-4-7-10-13-16-19-22-25-28-31-34-37-40-43-46-49-52-61-55-57(62-53-50-47-44-41-38-35-32-29-26-23-20-17-14-11-8-5-2)56(54-59)63-58(60)51-48-45-42-39-36-33-30-27-24-21-18-15-12-9-6-3;4*5-1-3(7)4(8)2-6/h25-30,56-57,59H,4-24,31-55H2,1-3H3;4*3-8H,1-2H2/b28-25-,29-26-,30-27-;;;;/t56-,57+;4*3-,4+/m0..../s1. The van der Waals surface area contributed by atoms with Crippen LogP contribution >= 0.6 is 0 Å². The van der Waals surface area contributed by atoms with Crippen molar-refractivity contribution < 1.29 is 106 Å². The third-order valence-electron chi connectivity index (χ3n) is 15.9. The van der Waals surface area contributed by atoms with Crippen LogP contribution in [-0.2, 0) is 19.0 Å². The summed E-state index contributed by atoms with van der Waals surface area (Å²) in [5, 5.41) is 143. The van der Waals surface area contributed by atoms with Gasteiger partial charge in [-0.1, -0.05) is 224 Å². The van der Waals surface area contributed by atoms with Crippen molar-refractivity contribution in [2.75, 3.05) is 79.3 Å². The van der Waals surface area contributed by atoms with Gasteiger partial charge in [0.1, 0.15) is 54.9 Å². The number of esters is 1. The Labute approximate surface area is 576 Å². The number of hydrogen-bond donors (Lipinski definition) is 17. The Kier molecular flexibility index (Phi) is 92.1. The molecule has 10 atom stereocenters. The van der Waals surface area contributed by atoms with E-state index >= 15 is 0 Å². The average Bonchev–Trinajstić information content (AvgIpc) is 1.64. The lowest BCUT2D eigenvalue weighted by Gasteiger charge is -2.26. The van der Waals surface area contributed by atoms with Crippen LogP contribution in [0.5, 0.6) is 0 Å². The first-order chi connectivity index (χ1) is 46.1. The highest BCUT2D eigenvalue weighted by molar-refractivity contribution is 5.69. The lowest BCUT2D eigenvalue weighted by Crippen LogP contribution is -2.40. The monoisotopic (exact) mass is 1380 g/mol. The number of rotatable bonds is 65. The first-order valence-corrected chi connectivity index (χ1v) is 37.3. The van der Waals surface area contributed by atoms with Crippen molar-refractivity contribution in [3.05, 3.63) is 36.5 Å². The van der Waals surface area contributed by atoms with Crippen LogP contribution in [0, 0.1) is 0 Å². The molecule has 0 saturated heterocycles. The van der Waals surface area contributed by atoms with E-state index in [-0.39, 0.29) is 12.6 Å². The van der Waals surface area contributed by atoms with E-state index in [1.807, 2.05) is 0 Å². The van der Waals surface area contributed by atoms with E-state index < -0.39 is 114 Å². The Morgan fingerprint density at radius 3 is 0.737 bits per heavy atom. The Hall–Kier alpha value is -2.07. The molecule has 0 aromatic heterocycles. The number of ether oxygens (including phenoxy) is 3. The molecule has 0 fully saturated rings.